The lowest BCUT2D eigenvalue weighted by molar-refractivity contribution is 0.101. The highest BCUT2D eigenvalue weighted by atomic mass is 16.5. The van der Waals surface area contributed by atoms with Gasteiger partial charge in [0.2, 0.25) is 0 Å². The first-order valence-electron chi connectivity index (χ1n) is 18.0. The third kappa shape index (κ3) is 9.13. The van der Waals surface area contributed by atoms with Crippen LogP contribution in [0, 0.1) is 18.8 Å². The maximum absolute atomic E-state index is 13.1. The zero-order valence-electron chi connectivity index (χ0n) is 29.9. The van der Waals surface area contributed by atoms with Crippen LogP contribution in [-0.4, -0.2) is 54.2 Å². The Morgan fingerprint density at radius 3 is 2.48 bits per heavy atom. The molecule has 5 heteroatoms. The molecule has 3 heterocycles. The van der Waals surface area contributed by atoms with E-state index < -0.39 is 0 Å². The van der Waals surface area contributed by atoms with Gasteiger partial charge in [0.05, 0.1) is 17.5 Å². The van der Waals surface area contributed by atoms with Crippen LogP contribution in [0.25, 0.3) is 11.6 Å². The van der Waals surface area contributed by atoms with Crippen LogP contribution < -0.4 is 0 Å². The molecule has 0 saturated carbocycles. The molecule has 0 spiro atoms. The molecular weight excluding hydrogens is 566 g/mol. The Kier molecular flexibility index (Phi) is 13.5. The topological polar surface area (TPSA) is 54.8 Å². The van der Waals surface area contributed by atoms with Crippen LogP contribution in [0.4, 0.5) is 0 Å². The summed E-state index contributed by atoms with van der Waals surface area (Å²) in [7, 11) is 1.74. The molecule has 2 aliphatic heterocycles. The van der Waals surface area contributed by atoms with Gasteiger partial charge >= 0.3 is 0 Å². The van der Waals surface area contributed by atoms with Crippen LogP contribution in [0.15, 0.2) is 41.5 Å². The highest BCUT2D eigenvalue weighted by molar-refractivity contribution is 5.99. The van der Waals surface area contributed by atoms with Crippen molar-refractivity contribution in [1.29, 1.82) is 0 Å². The molecule has 3 unspecified atom stereocenters. The molecule has 250 valence electrons. The Morgan fingerprint density at radius 1 is 1.09 bits per heavy atom. The second-order valence-corrected chi connectivity index (χ2v) is 14.1. The maximum Gasteiger partial charge on any atom is 0.162 e. The monoisotopic (exact) mass is 625 g/mol. The highest BCUT2D eigenvalue weighted by Gasteiger charge is 2.29. The van der Waals surface area contributed by atoms with E-state index in [1.165, 1.54) is 42.6 Å². The number of ketones is 1. The third-order valence-corrected chi connectivity index (χ3v) is 10.5. The number of ether oxygens (including phenoxy) is 1. The average molecular weight is 626 g/mol. The summed E-state index contributed by atoms with van der Waals surface area (Å²) in [5.74, 6) is 1.23. The number of unbranched alkanes of at least 4 members (excludes halogenated alkanes) is 3. The molecule has 1 aromatic heterocycles. The lowest BCUT2D eigenvalue weighted by atomic mass is 9.83. The fourth-order valence-electron chi connectivity index (χ4n) is 7.32. The second-order valence-electron chi connectivity index (χ2n) is 14.1. The lowest BCUT2D eigenvalue weighted by Gasteiger charge is -2.35. The van der Waals surface area contributed by atoms with Gasteiger partial charge in [0.25, 0.3) is 0 Å². The number of Topliss-reactive ketones (excluding diaryl/α,β-unsaturated/α-hetero) is 1. The number of aryl methyl sites for hydroxylation is 3. The summed E-state index contributed by atoms with van der Waals surface area (Å²) in [5.41, 5.74) is 9.08. The van der Waals surface area contributed by atoms with Gasteiger partial charge in [0.1, 0.15) is 0 Å². The minimum atomic E-state index is -0.0382. The minimum absolute atomic E-state index is 0.0382. The largest absolute Gasteiger partial charge is 0.375 e. The Balaban J connectivity index is 1.50. The fraction of sp³-hybridized carbons (Fsp3) is 0.585. The summed E-state index contributed by atoms with van der Waals surface area (Å²) in [4.78, 5) is 25.5. The summed E-state index contributed by atoms with van der Waals surface area (Å²) >= 11 is 0. The van der Waals surface area contributed by atoms with Gasteiger partial charge in [-0.3, -0.25) is 14.8 Å². The average Bonchev–Trinajstić information content (AvgIpc) is 3.18. The van der Waals surface area contributed by atoms with Crippen molar-refractivity contribution in [2.75, 3.05) is 20.2 Å². The summed E-state index contributed by atoms with van der Waals surface area (Å²) in [6, 6.07) is 9.91. The normalized spacial score (nSPS) is 21.2. The number of hydrogen-bond acceptors (Lipinski definition) is 5. The number of nitrogens with zero attached hydrogens (tertiary/aromatic N) is 3. The van der Waals surface area contributed by atoms with E-state index in [1.807, 2.05) is 12.4 Å². The van der Waals surface area contributed by atoms with Crippen molar-refractivity contribution in [3.05, 3.63) is 75.7 Å². The lowest BCUT2D eigenvalue weighted by Crippen LogP contribution is -2.37. The molecule has 0 radical (unpaired) electrons. The van der Waals surface area contributed by atoms with E-state index in [4.69, 9.17) is 9.72 Å². The number of carbonyl (C=O) groups is 1. The number of allylic oxidation sites excluding steroid dienone is 2. The van der Waals surface area contributed by atoms with Crippen molar-refractivity contribution in [2.45, 2.75) is 124 Å². The Morgan fingerprint density at radius 2 is 1.83 bits per heavy atom. The number of hydrogen-bond donors (Lipinski definition) is 0. The minimum Gasteiger partial charge on any atom is -0.375 e. The Hall–Kier alpha value is -2.89. The molecule has 46 heavy (non-hydrogen) atoms. The van der Waals surface area contributed by atoms with Crippen LogP contribution in [0.3, 0.4) is 0 Å². The summed E-state index contributed by atoms with van der Waals surface area (Å²) < 4.78 is 5.71. The molecule has 2 aromatic rings. The van der Waals surface area contributed by atoms with Gasteiger partial charge in [0.15, 0.2) is 5.78 Å². The van der Waals surface area contributed by atoms with E-state index in [9.17, 15) is 4.79 Å². The number of pyridine rings is 1. The molecular formula is C41H59N3O2. The van der Waals surface area contributed by atoms with E-state index in [1.54, 1.807) is 14.0 Å². The number of benzene rings is 1. The predicted octanol–water partition coefficient (Wildman–Crippen LogP) is 9.66. The molecule has 0 N–H and O–H groups in total. The zero-order chi connectivity index (χ0) is 33.2. The number of likely N-dealkylation sites (tertiary alicyclic amines) is 1. The number of methoxy groups -OCH3 is 1. The van der Waals surface area contributed by atoms with Crippen molar-refractivity contribution >= 4 is 23.6 Å². The van der Waals surface area contributed by atoms with Crippen LogP contribution >= 0.6 is 0 Å². The van der Waals surface area contributed by atoms with Crippen LogP contribution in [0.1, 0.15) is 136 Å². The first kappa shape index (κ1) is 36.0. The predicted molar refractivity (Wildman–Crippen MR) is 195 cm³/mol. The second kappa shape index (κ2) is 17.3. The number of aromatic nitrogens is 1. The molecule has 1 aromatic carbocycles. The number of piperidine rings is 1. The molecule has 5 nitrogen and oxygen atoms in total. The molecule has 1 fully saturated rings. The van der Waals surface area contributed by atoms with Crippen LogP contribution in [-0.2, 0) is 17.6 Å². The smallest absolute Gasteiger partial charge is 0.162 e. The van der Waals surface area contributed by atoms with Gasteiger partial charge in [-0.2, -0.15) is 0 Å². The fourth-order valence-corrected chi connectivity index (χ4v) is 7.32. The number of rotatable bonds is 14. The van der Waals surface area contributed by atoms with Gasteiger partial charge in [-0.15, -0.1) is 0 Å². The van der Waals surface area contributed by atoms with Crippen molar-refractivity contribution in [2.24, 2.45) is 16.8 Å². The van der Waals surface area contributed by atoms with E-state index in [-0.39, 0.29) is 23.7 Å². The molecule has 4 rings (SSSR count). The van der Waals surface area contributed by atoms with Gasteiger partial charge in [-0.25, -0.2) is 0 Å². The molecule has 0 amide bonds. The summed E-state index contributed by atoms with van der Waals surface area (Å²) in [6.45, 7) is 17.6. The SMILES string of the molecule is CCCCC=Cc1cc(C2=CN=CC(OC)C(C)C2C)nc(CCCCc2ccc(C3CCN(C(C)C)CC3)c(C)c2)c1C(C)=O. The van der Waals surface area contributed by atoms with Crippen molar-refractivity contribution in [3.8, 4) is 0 Å². The summed E-state index contributed by atoms with van der Waals surface area (Å²) in [5, 5.41) is 0. The molecule has 3 atom stereocenters. The van der Waals surface area contributed by atoms with Crippen molar-refractivity contribution < 1.29 is 9.53 Å². The van der Waals surface area contributed by atoms with E-state index in [2.05, 4.69) is 87.9 Å². The third-order valence-electron chi connectivity index (χ3n) is 10.5. The first-order chi connectivity index (χ1) is 22.1. The quantitative estimate of drug-likeness (QED) is 0.155. The highest BCUT2D eigenvalue weighted by Crippen LogP contribution is 2.35. The zero-order valence-corrected chi connectivity index (χ0v) is 29.9. The van der Waals surface area contributed by atoms with Crippen molar-refractivity contribution in [3.63, 3.8) is 0 Å². The molecule has 2 aliphatic rings. The first-order valence-corrected chi connectivity index (χ1v) is 18.0. The van der Waals surface area contributed by atoms with E-state index in [0.29, 0.717) is 12.0 Å². The summed E-state index contributed by atoms with van der Waals surface area (Å²) in [6.07, 6.45) is 17.8. The van der Waals surface area contributed by atoms with Crippen LogP contribution in [0.5, 0.6) is 0 Å². The van der Waals surface area contributed by atoms with Gasteiger partial charge in [-0.05, 0) is 137 Å². The molecule has 0 aliphatic carbocycles. The standard InChI is InChI=1S/C41H59N3O2/c1-9-10-11-12-16-35-25-39(37-26-42-27-40(46-8)31(6)30(37)5)43-38(41(35)32(7)45)17-14-13-15-33-18-19-36(29(4)24-33)34-20-22-44(23-21-34)28(2)3/h12,16,18-19,24-28,30-31,34,40H,9-11,13-15,17,20-23H2,1-8H3. The Bertz CT molecular complexity index is 1400. The number of carbonyl (C=O) groups excluding carboxylic acids is 1. The Labute approximate surface area is 279 Å². The number of aliphatic imine (C=N–C) groups is 1. The van der Waals surface area contributed by atoms with Gasteiger partial charge in [-0.1, -0.05) is 64.0 Å². The van der Waals surface area contributed by atoms with Gasteiger partial charge in [0, 0.05) is 31.1 Å². The molecule has 1 saturated heterocycles. The van der Waals surface area contributed by atoms with E-state index in [0.717, 1.165) is 73.0 Å². The van der Waals surface area contributed by atoms with Crippen molar-refractivity contribution in [1.82, 2.24) is 9.88 Å². The van der Waals surface area contributed by atoms with Crippen LogP contribution in [0.2, 0.25) is 0 Å². The molecule has 0 bridgehead atoms. The maximum atomic E-state index is 13.1. The van der Waals surface area contributed by atoms with E-state index >= 15 is 0 Å². The van der Waals surface area contributed by atoms with Gasteiger partial charge < -0.3 is 9.64 Å².